The highest BCUT2D eigenvalue weighted by Gasteiger charge is 2.55. The van der Waals surface area contributed by atoms with Crippen LogP contribution in [0.1, 0.15) is 65.2 Å². The Morgan fingerprint density at radius 3 is 2.24 bits per heavy atom. The smallest absolute Gasteiger partial charge is 0.408 e. The van der Waals surface area contributed by atoms with Gasteiger partial charge in [-0.05, 0) is 80.1 Å². The average molecular weight is 752 g/mol. The van der Waals surface area contributed by atoms with Crippen LogP contribution < -0.4 is 5.32 Å². The van der Waals surface area contributed by atoms with E-state index in [2.05, 4.69) is 49.5 Å². The quantitative estimate of drug-likeness (QED) is 0.133. The van der Waals surface area contributed by atoms with Crippen molar-refractivity contribution in [2.75, 3.05) is 32.0 Å². The van der Waals surface area contributed by atoms with E-state index in [0.717, 1.165) is 49.4 Å². The molecule has 0 aromatic heterocycles. The molecule has 2 fully saturated rings. The lowest BCUT2D eigenvalue weighted by Crippen LogP contribution is -2.70. The Hall–Kier alpha value is -3.03. The van der Waals surface area contributed by atoms with Crippen LogP contribution in [0.3, 0.4) is 0 Å². The van der Waals surface area contributed by atoms with E-state index < -0.39 is 43.5 Å². The van der Waals surface area contributed by atoms with Gasteiger partial charge in [0.05, 0.1) is 0 Å². The zero-order chi connectivity index (χ0) is 37.0. The molecule has 3 atom stereocenters. The van der Waals surface area contributed by atoms with Crippen molar-refractivity contribution in [2.45, 2.75) is 94.5 Å². The molecule has 2 aromatic carbocycles. The molecule has 2 aromatic rings. The summed E-state index contributed by atoms with van der Waals surface area (Å²) < 4.78 is 18.1. The number of alkyl carbamates (subject to hydrolysis) is 1. The normalized spacial score (nSPS) is 21.5. The Morgan fingerprint density at radius 1 is 1.02 bits per heavy atom. The number of esters is 1. The molecule has 0 aliphatic carbocycles. The largest absolute Gasteiger partial charge is 0.448 e. The molecule has 3 heterocycles. The van der Waals surface area contributed by atoms with Crippen molar-refractivity contribution in [3.8, 4) is 0 Å². The molecule has 5 rings (SSSR count). The first kappa shape index (κ1) is 39.2. The first-order valence-electron chi connectivity index (χ1n) is 17.7. The number of hydrogen-bond acceptors (Lipinski definition) is 9. The van der Waals surface area contributed by atoms with Crippen LogP contribution in [0, 0.1) is 0 Å². The summed E-state index contributed by atoms with van der Waals surface area (Å²) in [5.74, 6) is -0.475. The van der Waals surface area contributed by atoms with Crippen molar-refractivity contribution in [2.24, 2.45) is 0 Å². The monoisotopic (exact) mass is 751 g/mol. The van der Waals surface area contributed by atoms with Crippen LogP contribution >= 0.6 is 23.5 Å². The minimum absolute atomic E-state index is 0.193. The van der Waals surface area contributed by atoms with E-state index in [9.17, 15) is 14.4 Å². The van der Waals surface area contributed by atoms with Gasteiger partial charge >= 0.3 is 12.1 Å². The number of fused-ring (bicyclic) bond motifs is 1. The van der Waals surface area contributed by atoms with Crippen molar-refractivity contribution in [1.82, 2.24) is 15.1 Å². The molecule has 0 spiro atoms. The second kappa shape index (κ2) is 16.3. The molecule has 0 bridgehead atoms. The minimum Gasteiger partial charge on any atom is -0.448 e. The number of allylic oxidation sites excluding steroid dienone is 1. The van der Waals surface area contributed by atoms with Crippen LogP contribution in [0.4, 0.5) is 4.79 Å². The second-order valence-corrected chi connectivity index (χ2v) is 22.9. The summed E-state index contributed by atoms with van der Waals surface area (Å²) in [5.41, 5.74) is 1.88. The van der Waals surface area contributed by atoms with Crippen LogP contribution in [-0.4, -0.2) is 90.3 Å². The van der Waals surface area contributed by atoms with Gasteiger partial charge in [-0.1, -0.05) is 81.4 Å². The van der Waals surface area contributed by atoms with Crippen molar-refractivity contribution in [3.05, 3.63) is 94.5 Å². The highest BCUT2D eigenvalue weighted by molar-refractivity contribution is 8.02. The molecular formula is C39H53N3O6S2Si. The Kier molecular flexibility index (Phi) is 12.5. The van der Waals surface area contributed by atoms with Gasteiger partial charge in [-0.3, -0.25) is 14.6 Å². The summed E-state index contributed by atoms with van der Waals surface area (Å²) >= 11 is 3.27. The third-order valence-corrected chi connectivity index (χ3v) is 16.6. The molecule has 0 unspecified atom stereocenters. The van der Waals surface area contributed by atoms with Gasteiger partial charge in [0.15, 0.2) is 14.4 Å². The molecule has 12 heteroatoms. The highest BCUT2D eigenvalue weighted by Crippen LogP contribution is 2.42. The van der Waals surface area contributed by atoms with Gasteiger partial charge in [0.1, 0.15) is 22.7 Å². The van der Waals surface area contributed by atoms with Gasteiger partial charge in [-0.2, -0.15) is 0 Å². The van der Waals surface area contributed by atoms with Gasteiger partial charge in [-0.25, -0.2) is 9.59 Å². The molecule has 2 amide bonds. The number of β-lactam (4-membered cyclic amide) rings is 1. The van der Waals surface area contributed by atoms with E-state index in [1.807, 2.05) is 66.7 Å². The Labute approximate surface area is 313 Å². The summed E-state index contributed by atoms with van der Waals surface area (Å²) in [6.07, 6.45) is 1.69. The second-order valence-electron chi connectivity index (χ2n) is 15.8. The third-order valence-electron chi connectivity index (χ3n) is 9.74. The number of likely N-dealkylation sites (tertiary alicyclic amines) is 1. The molecule has 0 radical (unpaired) electrons. The number of nitrogens with zero attached hydrogens (tertiary/aromatic N) is 2. The Bertz CT molecular complexity index is 1570. The summed E-state index contributed by atoms with van der Waals surface area (Å²) in [7, 11) is -1.77. The van der Waals surface area contributed by atoms with Crippen LogP contribution in [0.2, 0.25) is 18.1 Å². The number of carbonyl (C=O) groups is 3. The summed E-state index contributed by atoms with van der Waals surface area (Å²) in [4.78, 5) is 44.5. The van der Waals surface area contributed by atoms with Crippen LogP contribution in [0.15, 0.2) is 83.4 Å². The third kappa shape index (κ3) is 9.90. The molecular weight excluding hydrogens is 699 g/mol. The van der Waals surface area contributed by atoms with E-state index in [4.69, 9.17) is 13.9 Å². The van der Waals surface area contributed by atoms with Gasteiger partial charge < -0.3 is 19.2 Å². The molecule has 2 saturated heterocycles. The fourth-order valence-corrected chi connectivity index (χ4v) is 9.29. The summed E-state index contributed by atoms with van der Waals surface area (Å²) in [6, 6.07) is 18.4. The van der Waals surface area contributed by atoms with E-state index in [1.165, 1.54) is 16.7 Å². The zero-order valence-electron chi connectivity index (χ0n) is 31.1. The number of thioether (sulfide) groups is 2. The number of carbonyl (C=O) groups excluding carboxylic acids is 3. The molecule has 9 nitrogen and oxygen atoms in total. The fourth-order valence-electron chi connectivity index (χ4n) is 5.93. The predicted molar refractivity (Wildman–Crippen MR) is 209 cm³/mol. The van der Waals surface area contributed by atoms with E-state index >= 15 is 0 Å². The number of amides is 2. The van der Waals surface area contributed by atoms with Gasteiger partial charge in [0.2, 0.25) is 0 Å². The van der Waals surface area contributed by atoms with Crippen molar-refractivity contribution in [3.63, 3.8) is 0 Å². The molecule has 276 valence electrons. The maximum Gasteiger partial charge on any atom is 0.408 e. The molecule has 3 aliphatic rings. The summed E-state index contributed by atoms with van der Waals surface area (Å²) in [6.45, 7) is 20.4. The SMILES string of the molecule is CC(C)(C)OC(=O)N[C@@H]1C(=O)N2C(C(=O)OC(c3ccccc3)c3ccccc3)=C(C=CS[C@H]3CCN(CCO[Si](C)(C)C(C)(C)C)C3)CS[C@H]12. The average Bonchev–Trinajstić information content (AvgIpc) is 3.52. The van der Waals surface area contributed by atoms with Crippen LogP contribution in [-0.2, 0) is 23.5 Å². The molecule has 1 N–H and O–H groups in total. The number of ether oxygens (including phenoxy) is 2. The Balaban J connectivity index is 1.32. The number of hydrogen-bond donors (Lipinski definition) is 1. The lowest BCUT2D eigenvalue weighted by molar-refractivity contribution is -0.153. The zero-order valence-corrected chi connectivity index (χ0v) is 33.8. The van der Waals surface area contributed by atoms with Crippen molar-refractivity contribution < 1.29 is 28.3 Å². The van der Waals surface area contributed by atoms with Crippen LogP contribution in [0.25, 0.3) is 0 Å². The predicted octanol–water partition coefficient (Wildman–Crippen LogP) is 7.72. The first-order chi connectivity index (χ1) is 24.0. The first-order valence-corrected chi connectivity index (χ1v) is 22.6. The molecule has 0 saturated carbocycles. The standard InChI is InChI=1S/C39H53N3O6S2Si/c1-38(2,3)48-37(45)40-31-34(43)42-32(36(44)47-33(27-15-11-9-12-16-27)28-17-13-10-14-18-28)29(26-50-35(31)42)20-24-49-30-19-21-41(25-30)22-23-46-51(7,8)39(4,5)6/h9-18,20,24,30-31,33,35H,19,21-23,25-26H2,1-8H3,(H,40,45)/t30-,31+,35+/m0/s1. The van der Waals surface area contributed by atoms with Crippen molar-refractivity contribution in [1.29, 1.82) is 0 Å². The van der Waals surface area contributed by atoms with Gasteiger partial charge in [0.25, 0.3) is 5.91 Å². The van der Waals surface area contributed by atoms with E-state index in [1.54, 1.807) is 32.5 Å². The molecule has 3 aliphatic heterocycles. The van der Waals surface area contributed by atoms with Crippen LogP contribution in [0.5, 0.6) is 0 Å². The topological polar surface area (TPSA) is 97.4 Å². The van der Waals surface area contributed by atoms with Crippen molar-refractivity contribution >= 4 is 49.8 Å². The maximum absolute atomic E-state index is 14.3. The highest BCUT2D eigenvalue weighted by atomic mass is 32.2. The minimum atomic E-state index is -1.77. The fraction of sp³-hybridized carbons (Fsp3) is 0.513. The van der Waals surface area contributed by atoms with E-state index in [0.29, 0.717) is 11.0 Å². The maximum atomic E-state index is 14.3. The molecule has 51 heavy (non-hydrogen) atoms. The summed E-state index contributed by atoms with van der Waals surface area (Å²) in [5, 5.41) is 4.93. The lowest BCUT2D eigenvalue weighted by Gasteiger charge is -2.49. The van der Waals surface area contributed by atoms with Gasteiger partial charge in [-0.15, -0.1) is 23.5 Å². The lowest BCUT2D eigenvalue weighted by atomic mass is 10.0. The van der Waals surface area contributed by atoms with Gasteiger partial charge in [0, 0.05) is 30.7 Å². The number of nitrogens with one attached hydrogen (secondary N) is 1. The number of benzene rings is 2. The van der Waals surface area contributed by atoms with E-state index in [-0.39, 0.29) is 16.6 Å². The number of rotatable bonds is 12. The Morgan fingerprint density at radius 2 is 1.65 bits per heavy atom.